The highest BCUT2D eigenvalue weighted by Gasteiger charge is 2.32. The van der Waals surface area contributed by atoms with Gasteiger partial charge in [-0.3, -0.25) is 0 Å². The van der Waals surface area contributed by atoms with Crippen LogP contribution in [0.3, 0.4) is 0 Å². The SMILES string of the molecule is CCCCCC=CCC=CCCCCCCCCOC1CN(C)C[C@@H]1OCCCCCCCC. The maximum Gasteiger partial charge on any atom is 0.0975 e. The molecule has 0 saturated carbocycles. The maximum atomic E-state index is 6.23. The molecule has 1 unspecified atom stereocenters. The Morgan fingerprint density at radius 2 is 0.971 bits per heavy atom. The van der Waals surface area contributed by atoms with Gasteiger partial charge in [0.1, 0.15) is 0 Å². The van der Waals surface area contributed by atoms with E-state index >= 15 is 0 Å². The number of unbranched alkanes of at least 4 members (excludes halogenated alkanes) is 14. The number of hydrogen-bond acceptors (Lipinski definition) is 3. The topological polar surface area (TPSA) is 21.7 Å². The van der Waals surface area contributed by atoms with E-state index in [0.29, 0.717) is 0 Å². The molecule has 0 amide bonds. The molecule has 1 saturated heterocycles. The fourth-order valence-electron chi connectivity index (χ4n) is 4.69. The van der Waals surface area contributed by atoms with Crippen LogP contribution in [0.1, 0.15) is 129 Å². The van der Waals surface area contributed by atoms with Crippen LogP contribution in [0, 0.1) is 0 Å². The van der Waals surface area contributed by atoms with Crippen LogP contribution in [0.2, 0.25) is 0 Å². The molecule has 1 aliphatic rings. The van der Waals surface area contributed by atoms with Gasteiger partial charge in [0.2, 0.25) is 0 Å². The molecule has 0 aromatic heterocycles. The standard InChI is InChI=1S/C31H59NO2/c1-4-6-8-10-12-13-14-15-16-17-18-19-20-21-23-25-27-34-31-29-32(3)28-30(31)33-26-24-22-11-9-7-5-2/h12-13,15-16,30-31H,4-11,14,17-29H2,1-3H3/t30-,31?/m0/s1. The minimum atomic E-state index is 0.267. The minimum Gasteiger partial charge on any atom is -0.374 e. The average molecular weight is 478 g/mol. The summed E-state index contributed by atoms with van der Waals surface area (Å²) in [6, 6.07) is 0. The fraction of sp³-hybridized carbons (Fsp3) is 0.871. The van der Waals surface area contributed by atoms with Gasteiger partial charge in [0, 0.05) is 26.3 Å². The van der Waals surface area contributed by atoms with Crippen LogP contribution < -0.4 is 0 Å². The third kappa shape index (κ3) is 18.7. The summed E-state index contributed by atoms with van der Waals surface area (Å²) in [6.07, 6.45) is 33.3. The monoisotopic (exact) mass is 477 g/mol. The van der Waals surface area contributed by atoms with Crippen molar-refractivity contribution < 1.29 is 9.47 Å². The van der Waals surface area contributed by atoms with E-state index in [0.717, 1.165) is 32.7 Å². The van der Waals surface area contributed by atoms with Crippen LogP contribution in [0.15, 0.2) is 24.3 Å². The van der Waals surface area contributed by atoms with Gasteiger partial charge in [-0.25, -0.2) is 0 Å². The Morgan fingerprint density at radius 3 is 1.50 bits per heavy atom. The second kappa shape index (κ2) is 24.1. The summed E-state index contributed by atoms with van der Waals surface area (Å²) < 4.78 is 12.4. The molecule has 34 heavy (non-hydrogen) atoms. The van der Waals surface area contributed by atoms with Gasteiger partial charge in [-0.2, -0.15) is 0 Å². The van der Waals surface area contributed by atoms with Gasteiger partial charge >= 0.3 is 0 Å². The normalized spacial score (nSPS) is 19.3. The molecular weight excluding hydrogens is 418 g/mol. The van der Waals surface area contributed by atoms with Crippen molar-refractivity contribution in [2.45, 2.75) is 142 Å². The van der Waals surface area contributed by atoms with E-state index in [9.17, 15) is 0 Å². The molecule has 200 valence electrons. The van der Waals surface area contributed by atoms with Crippen molar-refractivity contribution in [1.82, 2.24) is 4.90 Å². The zero-order valence-electron chi connectivity index (χ0n) is 23.3. The van der Waals surface area contributed by atoms with Gasteiger partial charge in [-0.15, -0.1) is 0 Å². The molecule has 0 aliphatic carbocycles. The molecule has 3 heteroatoms. The Bertz CT molecular complexity index is 476. The molecule has 0 spiro atoms. The lowest BCUT2D eigenvalue weighted by atomic mass is 10.1. The summed E-state index contributed by atoms with van der Waals surface area (Å²) in [6.45, 7) is 8.36. The molecule has 3 nitrogen and oxygen atoms in total. The molecular formula is C31H59NO2. The first kappa shape index (κ1) is 31.4. The summed E-state index contributed by atoms with van der Waals surface area (Å²) in [5.74, 6) is 0. The summed E-state index contributed by atoms with van der Waals surface area (Å²) >= 11 is 0. The third-order valence-electron chi connectivity index (χ3n) is 6.90. The van der Waals surface area contributed by atoms with E-state index in [1.807, 2.05) is 0 Å². The van der Waals surface area contributed by atoms with Crippen LogP contribution >= 0.6 is 0 Å². The Balaban J connectivity index is 1.91. The Hall–Kier alpha value is -0.640. The highest BCUT2D eigenvalue weighted by Crippen LogP contribution is 2.17. The number of rotatable bonds is 24. The highest BCUT2D eigenvalue weighted by molar-refractivity contribution is 4.92. The first-order chi connectivity index (χ1) is 16.8. The second-order valence-corrected chi connectivity index (χ2v) is 10.4. The largest absolute Gasteiger partial charge is 0.374 e. The number of nitrogens with zero attached hydrogens (tertiary/aromatic N) is 1. The van der Waals surface area contributed by atoms with E-state index in [1.165, 1.54) is 109 Å². The van der Waals surface area contributed by atoms with Gasteiger partial charge in [0.05, 0.1) is 12.2 Å². The van der Waals surface area contributed by atoms with Crippen molar-refractivity contribution in [1.29, 1.82) is 0 Å². The van der Waals surface area contributed by atoms with Gasteiger partial charge < -0.3 is 14.4 Å². The number of ether oxygens (including phenoxy) is 2. The zero-order valence-corrected chi connectivity index (χ0v) is 23.3. The highest BCUT2D eigenvalue weighted by atomic mass is 16.5. The molecule has 1 heterocycles. The molecule has 0 aromatic carbocycles. The molecule has 1 aliphatic heterocycles. The van der Waals surface area contributed by atoms with Crippen LogP contribution in [0.5, 0.6) is 0 Å². The van der Waals surface area contributed by atoms with E-state index in [2.05, 4.69) is 50.1 Å². The van der Waals surface area contributed by atoms with Crippen molar-refractivity contribution in [3.63, 3.8) is 0 Å². The molecule has 0 radical (unpaired) electrons. The Morgan fingerprint density at radius 1 is 0.559 bits per heavy atom. The quantitative estimate of drug-likeness (QED) is 0.102. The number of hydrogen-bond donors (Lipinski definition) is 0. The van der Waals surface area contributed by atoms with Crippen molar-refractivity contribution in [2.75, 3.05) is 33.4 Å². The first-order valence-electron chi connectivity index (χ1n) is 15.0. The van der Waals surface area contributed by atoms with E-state index < -0.39 is 0 Å². The molecule has 2 atom stereocenters. The van der Waals surface area contributed by atoms with E-state index in [1.54, 1.807) is 0 Å². The summed E-state index contributed by atoms with van der Waals surface area (Å²) in [5.41, 5.74) is 0. The summed E-state index contributed by atoms with van der Waals surface area (Å²) in [7, 11) is 2.19. The lowest BCUT2D eigenvalue weighted by Gasteiger charge is -2.20. The predicted molar refractivity (Wildman–Crippen MR) is 150 cm³/mol. The lowest BCUT2D eigenvalue weighted by Crippen LogP contribution is -2.30. The van der Waals surface area contributed by atoms with Crippen LogP contribution in [-0.2, 0) is 9.47 Å². The van der Waals surface area contributed by atoms with Crippen molar-refractivity contribution >= 4 is 0 Å². The van der Waals surface area contributed by atoms with Gasteiger partial charge in [-0.1, -0.05) is 109 Å². The van der Waals surface area contributed by atoms with Crippen molar-refractivity contribution in [2.24, 2.45) is 0 Å². The van der Waals surface area contributed by atoms with Crippen LogP contribution in [-0.4, -0.2) is 50.5 Å². The number of likely N-dealkylation sites (tertiary alicyclic amines) is 1. The smallest absolute Gasteiger partial charge is 0.0975 e. The summed E-state index contributed by atoms with van der Waals surface area (Å²) in [5, 5.41) is 0. The molecule has 1 fully saturated rings. The lowest BCUT2D eigenvalue weighted by molar-refractivity contribution is -0.0481. The minimum absolute atomic E-state index is 0.267. The predicted octanol–water partition coefficient (Wildman–Crippen LogP) is 8.88. The van der Waals surface area contributed by atoms with Crippen molar-refractivity contribution in [3.05, 3.63) is 24.3 Å². The van der Waals surface area contributed by atoms with Gasteiger partial charge in [0.25, 0.3) is 0 Å². The van der Waals surface area contributed by atoms with E-state index in [4.69, 9.17) is 9.47 Å². The van der Waals surface area contributed by atoms with Gasteiger partial charge in [-0.05, 0) is 52.0 Å². The maximum absolute atomic E-state index is 6.23. The van der Waals surface area contributed by atoms with Crippen LogP contribution in [0.4, 0.5) is 0 Å². The number of likely N-dealkylation sites (N-methyl/N-ethyl adjacent to an activating group) is 1. The number of allylic oxidation sites excluding steroid dienone is 4. The van der Waals surface area contributed by atoms with Crippen LogP contribution in [0.25, 0.3) is 0 Å². The Kier molecular flexibility index (Phi) is 22.2. The van der Waals surface area contributed by atoms with E-state index in [-0.39, 0.29) is 12.2 Å². The van der Waals surface area contributed by atoms with Crippen molar-refractivity contribution in [3.8, 4) is 0 Å². The molecule has 0 aromatic rings. The Labute approximate surface area is 213 Å². The van der Waals surface area contributed by atoms with Gasteiger partial charge in [0.15, 0.2) is 0 Å². The first-order valence-corrected chi connectivity index (χ1v) is 15.0. The zero-order chi connectivity index (χ0) is 24.5. The fourth-order valence-corrected chi connectivity index (χ4v) is 4.69. The second-order valence-electron chi connectivity index (χ2n) is 10.4. The molecule has 1 rings (SSSR count). The molecule has 0 N–H and O–H groups in total. The summed E-state index contributed by atoms with van der Waals surface area (Å²) in [4.78, 5) is 2.36. The third-order valence-corrected chi connectivity index (χ3v) is 6.90. The molecule has 0 bridgehead atoms. The average Bonchev–Trinajstić information content (AvgIpc) is 3.19.